The maximum Gasteiger partial charge on any atom is 0.234 e. The Bertz CT molecular complexity index is 978. The van der Waals surface area contributed by atoms with Crippen LogP contribution in [0, 0.1) is 13.8 Å². The molecule has 0 aliphatic carbocycles. The fourth-order valence-corrected chi connectivity index (χ4v) is 3.67. The van der Waals surface area contributed by atoms with Crippen LogP contribution >= 0.6 is 27.7 Å². The van der Waals surface area contributed by atoms with Gasteiger partial charge in [0.05, 0.1) is 12.3 Å². The second-order valence-corrected chi connectivity index (χ2v) is 8.16. The van der Waals surface area contributed by atoms with Crippen molar-refractivity contribution in [2.24, 2.45) is 0 Å². The molecule has 0 spiro atoms. The molecule has 1 heterocycles. The lowest BCUT2D eigenvalue weighted by Gasteiger charge is -2.10. The lowest BCUT2D eigenvalue weighted by atomic mass is 10.1. The highest BCUT2D eigenvalue weighted by molar-refractivity contribution is 9.10. The van der Waals surface area contributed by atoms with Gasteiger partial charge in [0, 0.05) is 15.7 Å². The van der Waals surface area contributed by atoms with Crippen LogP contribution in [0.25, 0.3) is 11.4 Å². The molecule has 0 saturated heterocycles. The van der Waals surface area contributed by atoms with Crippen LogP contribution in [-0.4, -0.2) is 26.4 Å². The van der Waals surface area contributed by atoms with Crippen molar-refractivity contribution in [1.29, 1.82) is 0 Å². The number of amides is 1. The van der Waals surface area contributed by atoms with Gasteiger partial charge in [0.15, 0.2) is 5.82 Å². The Labute approximate surface area is 177 Å². The van der Waals surface area contributed by atoms with Gasteiger partial charge in [0.1, 0.15) is 0 Å². The standard InChI is InChI=1S/C21H21BrN4OS/c1-4-12-26-20(16-8-10-17(22)11-9-16)24-21(25-26)28-13-18(27)23-19-14(2)6-5-7-15(19)3/h4-11H,1,12-13H2,2-3H3,(H,23,27). The summed E-state index contributed by atoms with van der Waals surface area (Å²) in [6, 6.07) is 13.8. The minimum Gasteiger partial charge on any atom is -0.325 e. The highest BCUT2D eigenvalue weighted by Gasteiger charge is 2.14. The fourth-order valence-electron chi connectivity index (χ4n) is 2.76. The van der Waals surface area contributed by atoms with Gasteiger partial charge in [-0.25, -0.2) is 9.67 Å². The SMILES string of the molecule is C=CCn1nc(SCC(=O)Nc2c(C)cccc2C)nc1-c1ccc(Br)cc1. The molecule has 0 atom stereocenters. The quantitative estimate of drug-likeness (QED) is 0.389. The first-order chi connectivity index (χ1) is 13.5. The van der Waals surface area contributed by atoms with Crippen LogP contribution in [0.2, 0.25) is 0 Å². The highest BCUT2D eigenvalue weighted by atomic mass is 79.9. The van der Waals surface area contributed by atoms with Crippen LogP contribution in [0.1, 0.15) is 11.1 Å². The molecule has 3 aromatic rings. The van der Waals surface area contributed by atoms with Crippen molar-refractivity contribution in [3.63, 3.8) is 0 Å². The van der Waals surface area contributed by atoms with Crippen molar-refractivity contribution in [2.75, 3.05) is 11.1 Å². The number of para-hydroxylation sites is 1. The maximum absolute atomic E-state index is 12.4. The molecule has 5 nitrogen and oxygen atoms in total. The van der Waals surface area contributed by atoms with Crippen molar-refractivity contribution < 1.29 is 4.79 Å². The van der Waals surface area contributed by atoms with E-state index < -0.39 is 0 Å². The number of hydrogen-bond acceptors (Lipinski definition) is 4. The molecule has 0 aliphatic rings. The number of anilines is 1. The summed E-state index contributed by atoms with van der Waals surface area (Å²) in [5.74, 6) is 0.920. The largest absolute Gasteiger partial charge is 0.325 e. The zero-order valence-electron chi connectivity index (χ0n) is 15.8. The van der Waals surface area contributed by atoms with E-state index in [4.69, 9.17) is 0 Å². The Morgan fingerprint density at radius 1 is 1.21 bits per heavy atom. The van der Waals surface area contributed by atoms with Crippen LogP contribution < -0.4 is 5.32 Å². The summed E-state index contributed by atoms with van der Waals surface area (Å²) < 4.78 is 2.80. The van der Waals surface area contributed by atoms with Crippen molar-refractivity contribution in [3.05, 3.63) is 70.7 Å². The number of carbonyl (C=O) groups is 1. The van der Waals surface area contributed by atoms with Crippen molar-refractivity contribution >= 4 is 39.3 Å². The first-order valence-corrected chi connectivity index (χ1v) is 10.6. The molecule has 144 valence electrons. The Hall–Kier alpha value is -2.38. The first-order valence-electron chi connectivity index (χ1n) is 8.78. The molecule has 2 aromatic carbocycles. The van der Waals surface area contributed by atoms with E-state index in [1.165, 1.54) is 11.8 Å². The van der Waals surface area contributed by atoms with Crippen LogP contribution in [0.15, 0.2) is 64.7 Å². The topological polar surface area (TPSA) is 59.8 Å². The summed E-state index contributed by atoms with van der Waals surface area (Å²) >= 11 is 4.76. The molecule has 1 N–H and O–H groups in total. The van der Waals surface area contributed by atoms with E-state index in [-0.39, 0.29) is 11.7 Å². The van der Waals surface area contributed by atoms with Crippen LogP contribution in [0.5, 0.6) is 0 Å². The molecule has 0 bridgehead atoms. The number of thioether (sulfide) groups is 1. The Morgan fingerprint density at radius 3 is 2.54 bits per heavy atom. The van der Waals surface area contributed by atoms with Gasteiger partial charge >= 0.3 is 0 Å². The number of rotatable bonds is 7. The molecule has 1 aromatic heterocycles. The third-order valence-corrected chi connectivity index (χ3v) is 5.50. The smallest absolute Gasteiger partial charge is 0.234 e. The van der Waals surface area contributed by atoms with E-state index in [0.29, 0.717) is 11.7 Å². The Balaban J connectivity index is 1.72. The van der Waals surface area contributed by atoms with Gasteiger partial charge in [-0.3, -0.25) is 4.79 Å². The molecule has 3 rings (SSSR count). The van der Waals surface area contributed by atoms with Gasteiger partial charge in [-0.2, -0.15) is 0 Å². The third kappa shape index (κ3) is 4.91. The number of benzene rings is 2. The minimum absolute atomic E-state index is 0.0762. The summed E-state index contributed by atoms with van der Waals surface area (Å²) in [4.78, 5) is 17.0. The van der Waals surface area contributed by atoms with Gasteiger partial charge in [0.25, 0.3) is 0 Å². The number of nitrogens with one attached hydrogen (secondary N) is 1. The molecule has 0 unspecified atom stereocenters. The van der Waals surface area contributed by atoms with E-state index in [9.17, 15) is 4.79 Å². The molecule has 28 heavy (non-hydrogen) atoms. The van der Waals surface area contributed by atoms with Gasteiger partial charge in [0.2, 0.25) is 11.1 Å². The second kappa shape index (κ2) is 9.21. The average Bonchev–Trinajstić information content (AvgIpc) is 3.07. The molecular weight excluding hydrogens is 436 g/mol. The zero-order chi connectivity index (χ0) is 20.1. The summed E-state index contributed by atoms with van der Waals surface area (Å²) in [7, 11) is 0. The molecule has 0 fully saturated rings. The molecule has 1 amide bonds. The van der Waals surface area contributed by atoms with Crippen molar-refractivity contribution in [1.82, 2.24) is 14.8 Å². The number of carbonyl (C=O) groups excluding carboxylic acids is 1. The van der Waals surface area contributed by atoms with E-state index in [0.717, 1.165) is 32.7 Å². The molecule has 7 heteroatoms. The predicted octanol–water partition coefficient (Wildman–Crippen LogP) is 5.24. The van der Waals surface area contributed by atoms with Gasteiger partial charge < -0.3 is 5.32 Å². The third-order valence-electron chi connectivity index (χ3n) is 4.13. The van der Waals surface area contributed by atoms with Crippen LogP contribution in [-0.2, 0) is 11.3 Å². The number of hydrogen-bond donors (Lipinski definition) is 1. The highest BCUT2D eigenvalue weighted by Crippen LogP contribution is 2.24. The monoisotopic (exact) mass is 456 g/mol. The van der Waals surface area contributed by atoms with Crippen LogP contribution in [0.3, 0.4) is 0 Å². The Morgan fingerprint density at radius 2 is 1.89 bits per heavy atom. The second-order valence-electron chi connectivity index (χ2n) is 6.30. The van der Waals surface area contributed by atoms with E-state index in [1.54, 1.807) is 10.8 Å². The maximum atomic E-state index is 12.4. The summed E-state index contributed by atoms with van der Waals surface area (Å²) in [5.41, 5.74) is 3.92. The number of nitrogens with zero attached hydrogens (tertiary/aromatic N) is 3. The summed E-state index contributed by atoms with van der Waals surface area (Å²) in [6.45, 7) is 8.30. The number of aryl methyl sites for hydroxylation is 2. The average molecular weight is 457 g/mol. The van der Waals surface area contributed by atoms with E-state index in [2.05, 4.69) is 37.9 Å². The molecule has 0 radical (unpaired) electrons. The summed E-state index contributed by atoms with van der Waals surface area (Å²) in [5, 5.41) is 8.07. The number of allylic oxidation sites excluding steroid dienone is 1. The Kier molecular flexibility index (Phi) is 6.70. The van der Waals surface area contributed by atoms with Gasteiger partial charge in [-0.1, -0.05) is 64.1 Å². The molecule has 0 aliphatic heterocycles. The molecule has 0 saturated carbocycles. The van der Waals surface area contributed by atoms with Crippen LogP contribution in [0.4, 0.5) is 5.69 Å². The van der Waals surface area contributed by atoms with E-state index in [1.807, 2.05) is 56.3 Å². The lowest BCUT2D eigenvalue weighted by Crippen LogP contribution is -2.15. The summed E-state index contributed by atoms with van der Waals surface area (Å²) in [6.07, 6.45) is 1.78. The lowest BCUT2D eigenvalue weighted by molar-refractivity contribution is -0.113. The zero-order valence-corrected chi connectivity index (χ0v) is 18.2. The molecular formula is C21H21BrN4OS. The normalized spacial score (nSPS) is 10.7. The predicted molar refractivity (Wildman–Crippen MR) is 119 cm³/mol. The number of aromatic nitrogens is 3. The first kappa shape index (κ1) is 20.4. The number of halogens is 1. The van der Waals surface area contributed by atoms with Crippen molar-refractivity contribution in [3.8, 4) is 11.4 Å². The van der Waals surface area contributed by atoms with Gasteiger partial charge in [-0.05, 0) is 37.1 Å². The fraction of sp³-hybridized carbons (Fsp3) is 0.190. The van der Waals surface area contributed by atoms with Crippen molar-refractivity contribution in [2.45, 2.75) is 25.5 Å². The van der Waals surface area contributed by atoms with Gasteiger partial charge in [-0.15, -0.1) is 11.7 Å². The minimum atomic E-state index is -0.0762. The van der Waals surface area contributed by atoms with E-state index >= 15 is 0 Å².